The molecule has 0 bridgehead atoms. The minimum Gasteiger partial charge on any atom is -0.206 e. The predicted octanol–water partition coefficient (Wildman–Crippen LogP) is 6.61. The Labute approximate surface area is 157 Å². The maximum absolute atomic E-state index is 14.7. The van der Waals surface area contributed by atoms with Crippen LogP contribution in [0.1, 0.15) is 41.5 Å². The van der Waals surface area contributed by atoms with E-state index in [0.717, 1.165) is 42.9 Å². The van der Waals surface area contributed by atoms with Gasteiger partial charge in [-0.1, -0.05) is 43.3 Å². The third-order valence-electron chi connectivity index (χ3n) is 5.62. The first-order valence-electron chi connectivity index (χ1n) is 9.41. The van der Waals surface area contributed by atoms with Crippen LogP contribution in [0.3, 0.4) is 0 Å². The lowest BCUT2D eigenvalue weighted by Crippen LogP contribution is -2.13. The van der Waals surface area contributed by atoms with Crippen LogP contribution < -0.4 is 0 Å². The van der Waals surface area contributed by atoms with Crippen molar-refractivity contribution in [3.05, 3.63) is 94.3 Å². The summed E-state index contributed by atoms with van der Waals surface area (Å²) in [4.78, 5) is 0. The fraction of sp³-hybridized carbons (Fsp3) is 0.250. The van der Waals surface area contributed by atoms with Gasteiger partial charge in [-0.2, -0.15) is 0 Å². The van der Waals surface area contributed by atoms with Crippen LogP contribution in [0.4, 0.5) is 13.2 Å². The summed E-state index contributed by atoms with van der Waals surface area (Å²) in [6, 6.07) is 15.7. The van der Waals surface area contributed by atoms with Crippen LogP contribution in [0.5, 0.6) is 0 Å². The number of rotatable bonds is 3. The van der Waals surface area contributed by atoms with E-state index in [2.05, 4.69) is 31.2 Å². The van der Waals surface area contributed by atoms with Crippen molar-refractivity contribution in [3.63, 3.8) is 0 Å². The SMILES string of the molecule is CCc1ccc(C2CCc3cc(-c4cccc(F)c4F)c(F)cc3C2)cc1. The number of aryl methyl sites for hydroxylation is 2. The lowest BCUT2D eigenvalue weighted by atomic mass is 9.79. The van der Waals surface area contributed by atoms with Crippen LogP contribution in [0.25, 0.3) is 11.1 Å². The number of hydrogen-bond acceptors (Lipinski definition) is 0. The molecule has 1 aliphatic rings. The molecule has 3 aromatic carbocycles. The molecule has 1 aliphatic carbocycles. The summed E-state index contributed by atoms with van der Waals surface area (Å²) in [5, 5.41) is 0. The molecule has 4 rings (SSSR count). The average Bonchev–Trinajstić information content (AvgIpc) is 2.69. The fourth-order valence-electron chi connectivity index (χ4n) is 4.01. The van der Waals surface area contributed by atoms with Crippen molar-refractivity contribution in [2.24, 2.45) is 0 Å². The molecule has 0 spiro atoms. The van der Waals surface area contributed by atoms with Crippen molar-refractivity contribution in [1.82, 2.24) is 0 Å². The molecular weight excluding hydrogens is 345 g/mol. The van der Waals surface area contributed by atoms with Crippen molar-refractivity contribution in [2.75, 3.05) is 0 Å². The summed E-state index contributed by atoms with van der Waals surface area (Å²) in [5.41, 5.74) is 4.69. The van der Waals surface area contributed by atoms with Crippen molar-refractivity contribution in [2.45, 2.75) is 38.5 Å². The van der Waals surface area contributed by atoms with Gasteiger partial charge >= 0.3 is 0 Å². The Hall–Kier alpha value is -2.55. The van der Waals surface area contributed by atoms with E-state index in [9.17, 15) is 13.2 Å². The van der Waals surface area contributed by atoms with Gasteiger partial charge in [0, 0.05) is 11.1 Å². The van der Waals surface area contributed by atoms with Crippen LogP contribution in [-0.4, -0.2) is 0 Å². The highest BCUT2D eigenvalue weighted by molar-refractivity contribution is 5.67. The molecule has 0 aliphatic heterocycles. The van der Waals surface area contributed by atoms with Crippen LogP contribution in [0, 0.1) is 17.5 Å². The summed E-state index contributed by atoms with van der Waals surface area (Å²) in [6.07, 6.45) is 3.55. The second-order valence-electron chi connectivity index (χ2n) is 7.24. The Morgan fingerprint density at radius 3 is 2.37 bits per heavy atom. The molecule has 0 nitrogen and oxygen atoms in total. The lowest BCUT2D eigenvalue weighted by Gasteiger charge is -2.26. The molecule has 0 saturated heterocycles. The van der Waals surface area contributed by atoms with E-state index >= 15 is 0 Å². The smallest absolute Gasteiger partial charge is 0.166 e. The van der Waals surface area contributed by atoms with Crippen molar-refractivity contribution >= 4 is 0 Å². The largest absolute Gasteiger partial charge is 0.206 e. The van der Waals surface area contributed by atoms with Gasteiger partial charge in [0.25, 0.3) is 0 Å². The topological polar surface area (TPSA) is 0 Å². The molecule has 3 heteroatoms. The molecule has 27 heavy (non-hydrogen) atoms. The molecule has 1 atom stereocenters. The molecule has 3 aromatic rings. The predicted molar refractivity (Wildman–Crippen MR) is 102 cm³/mol. The minimum atomic E-state index is -0.999. The van der Waals surface area contributed by atoms with Crippen LogP contribution in [0.2, 0.25) is 0 Å². The number of benzene rings is 3. The van der Waals surface area contributed by atoms with E-state index in [0.29, 0.717) is 5.92 Å². The zero-order valence-electron chi connectivity index (χ0n) is 15.2. The summed E-state index contributed by atoms with van der Waals surface area (Å²) < 4.78 is 42.3. The monoisotopic (exact) mass is 366 g/mol. The van der Waals surface area contributed by atoms with E-state index in [-0.39, 0.29) is 11.1 Å². The quantitative estimate of drug-likeness (QED) is 0.489. The second-order valence-corrected chi connectivity index (χ2v) is 7.24. The molecule has 0 aromatic heterocycles. The van der Waals surface area contributed by atoms with Gasteiger partial charge in [0.15, 0.2) is 11.6 Å². The first kappa shape index (κ1) is 17.8. The Balaban J connectivity index is 1.65. The molecule has 0 heterocycles. The Morgan fingerprint density at radius 1 is 0.852 bits per heavy atom. The standard InChI is InChI=1S/C24H21F3/c1-2-15-6-8-16(9-7-15)17-10-11-18-13-21(23(26)14-19(18)12-17)20-4-3-5-22(25)24(20)27/h3-9,13-14,17H,2,10-12H2,1H3. The van der Waals surface area contributed by atoms with E-state index in [1.165, 1.54) is 29.3 Å². The molecule has 0 radical (unpaired) electrons. The zero-order chi connectivity index (χ0) is 19.0. The van der Waals surface area contributed by atoms with Crippen LogP contribution in [0.15, 0.2) is 54.6 Å². The Morgan fingerprint density at radius 2 is 1.63 bits per heavy atom. The van der Waals surface area contributed by atoms with Gasteiger partial charge < -0.3 is 0 Å². The Kier molecular flexibility index (Phi) is 4.77. The van der Waals surface area contributed by atoms with Gasteiger partial charge in [0.2, 0.25) is 0 Å². The summed E-state index contributed by atoms with van der Waals surface area (Å²) in [5.74, 6) is -2.10. The second kappa shape index (κ2) is 7.22. The van der Waals surface area contributed by atoms with Crippen LogP contribution in [-0.2, 0) is 19.3 Å². The Bertz CT molecular complexity index is 974. The third-order valence-corrected chi connectivity index (χ3v) is 5.62. The van der Waals surface area contributed by atoms with E-state index < -0.39 is 17.5 Å². The van der Waals surface area contributed by atoms with E-state index in [1.807, 2.05) is 0 Å². The first-order chi connectivity index (χ1) is 13.1. The van der Waals surface area contributed by atoms with Gasteiger partial charge in [-0.05, 0) is 72.1 Å². The van der Waals surface area contributed by atoms with Crippen molar-refractivity contribution in [1.29, 1.82) is 0 Å². The zero-order valence-corrected chi connectivity index (χ0v) is 15.2. The summed E-state index contributed by atoms with van der Waals surface area (Å²) >= 11 is 0. The van der Waals surface area contributed by atoms with Gasteiger partial charge in [-0.15, -0.1) is 0 Å². The normalized spacial score (nSPS) is 16.2. The van der Waals surface area contributed by atoms with Gasteiger partial charge in [-0.3, -0.25) is 0 Å². The van der Waals surface area contributed by atoms with Gasteiger partial charge in [0.1, 0.15) is 5.82 Å². The highest BCUT2D eigenvalue weighted by atomic mass is 19.2. The maximum Gasteiger partial charge on any atom is 0.166 e. The summed E-state index contributed by atoms with van der Waals surface area (Å²) in [7, 11) is 0. The molecular formula is C24H21F3. The number of fused-ring (bicyclic) bond motifs is 1. The molecule has 0 saturated carbocycles. The van der Waals surface area contributed by atoms with Crippen molar-refractivity contribution in [3.8, 4) is 11.1 Å². The van der Waals surface area contributed by atoms with Gasteiger partial charge in [-0.25, -0.2) is 13.2 Å². The number of hydrogen-bond donors (Lipinski definition) is 0. The highest BCUT2D eigenvalue weighted by Crippen LogP contribution is 2.37. The van der Waals surface area contributed by atoms with E-state index in [4.69, 9.17) is 0 Å². The first-order valence-corrected chi connectivity index (χ1v) is 9.41. The molecule has 0 amide bonds. The third kappa shape index (κ3) is 3.39. The maximum atomic E-state index is 14.7. The number of halogens is 3. The fourth-order valence-corrected chi connectivity index (χ4v) is 4.01. The molecule has 138 valence electrons. The highest BCUT2D eigenvalue weighted by Gasteiger charge is 2.23. The minimum absolute atomic E-state index is 0.0208. The lowest BCUT2D eigenvalue weighted by molar-refractivity contribution is 0.510. The van der Waals surface area contributed by atoms with Crippen molar-refractivity contribution < 1.29 is 13.2 Å². The van der Waals surface area contributed by atoms with Gasteiger partial charge in [0.05, 0.1) is 0 Å². The molecule has 0 fully saturated rings. The van der Waals surface area contributed by atoms with Crippen LogP contribution >= 0.6 is 0 Å². The summed E-state index contributed by atoms with van der Waals surface area (Å²) in [6.45, 7) is 2.13. The van der Waals surface area contributed by atoms with E-state index in [1.54, 1.807) is 6.07 Å². The molecule has 0 N–H and O–H groups in total. The average molecular weight is 366 g/mol. The molecule has 1 unspecified atom stereocenters.